The van der Waals surface area contributed by atoms with Gasteiger partial charge in [-0.15, -0.1) is 0 Å². The number of alkyl halides is 3. The number of benzene rings is 2. The number of likely N-dealkylation sites (tertiary alicyclic amines) is 1. The number of anilines is 2. The smallest absolute Gasteiger partial charge is 0.336 e. The van der Waals surface area contributed by atoms with Gasteiger partial charge in [0, 0.05) is 36.9 Å². The van der Waals surface area contributed by atoms with Gasteiger partial charge < -0.3 is 25.8 Å². The van der Waals surface area contributed by atoms with Gasteiger partial charge in [-0.3, -0.25) is 0 Å². The van der Waals surface area contributed by atoms with E-state index in [-0.39, 0.29) is 18.8 Å². The number of carbonyl (C=O) groups is 2. The third-order valence-corrected chi connectivity index (χ3v) is 5.67. The molecule has 1 aliphatic heterocycles. The molecule has 0 spiro atoms. The highest BCUT2D eigenvalue weighted by Gasteiger charge is 2.34. The standard InChI is InChI=1S/C23H27ClF3N5O2/c24-17-7-9-18(10-8-17)29-21(33)28-11-14-32(16-15-31-12-3-4-13-31)22(34)30-20-6-2-1-5-19(20)23(25,26)27/h1-2,5-10H,3-4,11-16H2,(H,30,34)(H2,28,29,33). The highest BCUT2D eigenvalue weighted by atomic mass is 35.5. The van der Waals surface area contributed by atoms with Crippen LogP contribution in [-0.2, 0) is 6.18 Å². The minimum absolute atomic E-state index is 0.119. The van der Waals surface area contributed by atoms with E-state index in [1.807, 2.05) is 0 Å². The first kappa shape index (κ1) is 25.6. The molecule has 2 aromatic rings. The van der Waals surface area contributed by atoms with Gasteiger partial charge in [-0.2, -0.15) is 13.2 Å². The van der Waals surface area contributed by atoms with Crippen LogP contribution >= 0.6 is 11.6 Å². The first-order valence-corrected chi connectivity index (χ1v) is 11.3. The zero-order chi connectivity index (χ0) is 24.6. The number of nitrogens with zero attached hydrogens (tertiary/aromatic N) is 2. The number of urea groups is 2. The Morgan fingerprint density at radius 3 is 2.32 bits per heavy atom. The second-order valence-electron chi connectivity index (χ2n) is 7.90. The Bertz CT molecular complexity index is 966. The Kier molecular flexibility index (Phi) is 9.00. The summed E-state index contributed by atoms with van der Waals surface area (Å²) in [5.41, 5.74) is -0.669. The minimum Gasteiger partial charge on any atom is -0.336 e. The second kappa shape index (κ2) is 11.9. The molecule has 11 heteroatoms. The number of halogens is 4. The zero-order valence-electron chi connectivity index (χ0n) is 18.5. The fourth-order valence-electron chi connectivity index (χ4n) is 3.63. The van der Waals surface area contributed by atoms with Gasteiger partial charge in [0.05, 0.1) is 11.3 Å². The molecule has 0 aromatic heterocycles. The van der Waals surface area contributed by atoms with Gasteiger partial charge in [-0.25, -0.2) is 9.59 Å². The molecule has 3 rings (SSSR count). The summed E-state index contributed by atoms with van der Waals surface area (Å²) in [5, 5.41) is 8.24. The number of hydrogen-bond acceptors (Lipinski definition) is 3. The molecule has 7 nitrogen and oxygen atoms in total. The largest absolute Gasteiger partial charge is 0.418 e. The van der Waals surface area contributed by atoms with E-state index in [1.54, 1.807) is 24.3 Å². The second-order valence-corrected chi connectivity index (χ2v) is 8.33. The Morgan fingerprint density at radius 2 is 1.65 bits per heavy atom. The maximum absolute atomic E-state index is 13.3. The molecule has 3 N–H and O–H groups in total. The number of para-hydroxylation sites is 1. The van der Waals surface area contributed by atoms with Crippen LogP contribution in [0.15, 0.2) is 48.5 Å². The van der Waals surface area contributed by atoms with Gasteiger partial charge in [0.25, 0.3) is 0 Å². The molecule has 0 bridgehead atoms. The van der Waals surface area contributed by atoms with Crippen LogP contribution in [0.3, 0.4) is 0 Å². The number of hydrogen-bond donors (Lipinski definition) is 3. The highest BCUT2D eigenvalue weighted by molar-refractivity contribution is 6.30. The molecule has 4 amide bonds. The van der Waals surface area contributed by atoms with Crippen LogP contribution < -0.4 is 16.0 Å². The topological polar surface area (TPSA) is 76.7 Å². The maximum atomic E-state index is 13.3. The van der Waals surface area contributed by atoms with Crippen LogP contribution in [0.5, 0.6) is 0 Å². The predicted molar refractivity (Wildman–Crippen MR) is 126 cm³/mol. The van der Waals surface area contributed by atoms with E-state index in [2.05, 4.69) is 20.9 Å². The van der Waals surface area contributed by atoms with Crippen molar-refractivity contribution < 1.29 is 22.8 Å². The van der Waals surface area contributed by atoms with Gasteiger partial charge in [-0.05, 0) is 62.3 Å². The van der Waals surface area contributed by atoms with Crippen LogP contribution in [0, 0.1) is 0 Å². The Balaban J connectivity index is 1.59. The predicted octanol–water partition coefficient (Wildman–Crippen LogP) is 5.11. The third-order valence-electron chi connectivity index (χ3n) is 5.42. The van der Waals surface area contributed by atoms with E-state index in [9.17, 15) is 22.8 Å². The van der Waals surface area contributed by atoms with E-state index in [0.717, 1.165) is 32.0 Å². The van der Waals surface area contributed by atoms with Crippen molar-refractivity contribution in [2.24, 2.45) is 0 Å². The number of rotatable bonds is 8. The molecular weight excluding hydrogens is 471 g/mol. The van der Waals surface area contributed by atoms with Crippen molar-refractivity contribution in [2.75, 3.05) is 49.9 Å². The first-order valence-electron chi connectivity index (χ1n) is 11.0. The fraction of sp³-hybridized carbons (Fsp3) is 0.391. The molecule has 184 valence electrons. The Hall–Kier alpha value is -2.98. The molecule has 0 saturated carbocycles. The first-order chi connectivity index (χ1) is 16.2. The summed E-state index contributed by atoms with van der Waals surface area (Å²) >= 11 is 5.83. The summed E-state index contributed by atoms with van der Waals surface area (Å²) < 4.78 is 39.9. The van der Waals surface area contributed by atoms with Crippen LogP contribution in [0.1, 0.15) is 18.4 Å². The zero-order valence-corrected chi connectivity index (χ0v) is 19.3. The van der Waals surface area contributed by atoms with Crippen molar-refractivity contribution in [1.29, 1.82) is 0 Å². The van der Waals surface area contributed by atoms with Crippen LogP contribution in [-0.4, -0.2) is 61.1 Å². The van der Waals surface area contributed by atoms with Gasteiger partial charge in [0.1, 0.15) is 0 Å². The van der Waals surface area contributed by atoms with Crippen molar-refractivity contribution in [3.05, 3.63) is 59.1 Å². The molecule has 0 atom stereocenters. The van der Waals surface area contributed by atoms with Gasteiger partial charge in [0.2, 0.25) is 0 Å². The summed E-state index contributed by atoms with van der Waals surface area (Å²) in [6, 6.07) is 10.3. The van der Waals surface area contributed by atoms with Crippen LogP contribution in [0.4, 0.5) is 34.1 Å². The molecule has 34 heavy (non-hydrogen) atoms. The minimum atomic E-state index is -4.59. The van der Waals surface area contributed by atoms with E-state index in [0.29, 0.717) is 23.8 Å². The van der Waals surface area contributed by atoms with Gasteiger partial charge in [0.15, 0.2) is 0 Å². The normalized spacial score (nSPS) is 14.0. The van der Waals surface area contributed by atoms with Crippen molar-refractivity contribution in [2.45, 2.75) is 19.0 Å². The fourth-order valence-corrected chi connectivity index (χ4v) is 3.76. The molecule has 1 heterocycles. The molecule has 1 aliphatic rings. The molecular formula is C23H27ClF3N5O2. The third kappa shape index (κ3) is 7.81. The maximum Gasteiger partial charge on any atom is 0.418 e. The summed E-state index contributed by atoms with van der Waals surface area (Å²) in [7, 11) is 0. The van der Waals surface area contributed by atoms with Crippen molar-refractivity contribution in [3.63, 3.8) is 0 Å². The van der Waals surface area contributed by atoms with Crippen molar-refractivity contribution in [3.8, 4) is 0 Å². The van der Waals surface area contributed by atoms with E-state index in [4.69, 9.17) is 11.6 Å². The molecule has 0 radical (unpaired) electrons. The number of nitrogens with one attached hydrogen (secondary N) is 3. The number of carbonyl (C=O) groups excluding carboxylic acids is 2. The van der Waals surface area contributed by atoms with E-state index < -0.39 is 23.8 Å². The molecule has 1 fully saturated rings. The lowest BCUT2D eigenvalue weighted by atomic mass is 10.1. The lowest BCUT2D eigenvalue weighted by Gasteiger charge is -2.26. The van der Waals surface area contributed by atoms with Crippen LogP contribution in [0.2, 0.25) is 5.02 Å². The number of amides is 4. The highest BCUT2D eigenvalue weighted by Crippen LogP contribution is 2.34. The Labute approximate surface area is 201 Å². The monoisotopic (exact) mass is 497 g/mol. The van der Waals surface area contributed by atoms with Crippen LogP contribution in [0.25, 0.3) is 0 Å². The average molecular weight is 498 g/mol. The van der Waals surface area contributed by atoms with E-state index in [1.165, 1.54) is 23.1 Å². The summed E-state index contributed by atoms with van der Waals surface area (Å²) in [5.74, 6) is 0. The van der Waals surface area contributed by atoms with Gasteiger partial charge in [-0.1, -0.05) is 23.7 Å². The summed E-state index contributed by atoms with van der Waals surface area (Å²) in [4.78, 5) is 28.6. The summed E-state index contributed by atoms with van der Waals surface area (Å²) in [6.07, 6.45) is -2.43. The SMILES string of the molecule is O=C(NCCN(CCN1CCCC1)C(=O)Nc1ccccc1C(F)(F)F)Nc1ccc(Cl)cc1. The average Bonchev–Trinajstić information content (AvgIpc) is 3.31. The molecule has 0 unspecified atom stereocenters. The van der Waals surface area contributed by atoms with Crippen molar-refractivity contribution >= 4 is 35.0 Å². The Morgan fingerprint density at radius 1 is 0.971 bits per heavy atom. The lowest BCUT2D eigenvalue weighted by molar-refractivity contribution is -0.136. The molecule has 1 saturated heterocycles. The summed E-state index contributed by atoms with van der Waals surface area (Å²) in [6.45, 7) is 3.02. The van der Waals surface area contributed by atoms with Crippen molar-refractivity contribution in [1.82, 2.24) is 15.1 Å². The van der Waals surface area contributed by atoms with Gasteiger partial charge >= 0.3 is 18.2 Å². The van der Waals surface area contributed by atoms with E-state index >= 15 is 0 Å². The quantitative estimate of drug-likeness (QED) is 0.474. The lowest BCUT2D eigenvalue weighted by Crippen LogP contribution is -2.45. The molecule has 0 aliphatic carbocycles. The molecule has 2 aromatic carbocycles.